The zero-order valence-corrected chi connectivity index (χ0v) is 15.4. The van der Waals surface area contributed by atoms with Crippen LogP contribution in [0.2, 0.25) is 0 Å². The van der Waals surface area contributed by atoms with Gasteiger partial charge in [-0.2, -0.15) is 0 Å². The lowest BCUT2D eigenvalue weighted by atomic mass is 10.1. The van der Waals surface area contributed by atoms with Gasteiger partial charge in [0, 0.05) is 29.3 Å². The molecule has 1 heterocycles. The topological polar surface area (TPSA) is 72.7 Å². The lowest BCUT2D eigenvalue weighted by Gasteiger charge is -2.14. The standard InChI is InChI=1S/C19H18N2O4S/c1-11-8-18(22)25-16-9-12(4-6-14(11)16)20-19(26)21-15-7-5-13(23-2)10-17(15)24-3/h4-10H,1-3H3,(H2,20,21,26). The maximum absolute atomic E-state index is 11.6. The van der Waals surface area contributed by atoms with Crippen LogP contribution in [-0.4, -0.2) is 19.3 Å². The molecule has 0 aliphatic carbocycles. The third-order valence-electron chi connectivity index (χ3n) is 3.87. The monoisotopic (exact) mass is 370 g/mol. The highest BCUT2D eigenvalue weighted by Gasteiger charge is 2.08. The van der Waals surface area contributed by atoms with E-state index in [0.717, 1.165) is 10.9 Å². The molecule has 0 spiro atoms. The van der Waals surface area contributed by atoms with Gasteiger partial charge in [0.25, 0.3) is 0 Å². The summed E-state index contributed by atoms with van der Waals surface area (Å²) in [6, 6.07) is 12.3. The van der Waals surface area contributed by atoms with Crippen molar-refractivity contribution >= 4 is 39.7 Å². The molecule has 0 aliphatic rings. The van der Waals surface area contributed by atoms with Crippen LogP contribution < -0.4 is 25.7 Å². The molecule has 6 nitrogen and oxygen atoms in total. The second-order valence-electron chi connectivity index (χ2n) is 5.60. The molecule has 3 aromatic rings. The van der Waals surface area contributed by atoms with Gasteiger partial charge in [-0.25, -0.2) is 4.79 Å². The highest BCUT2D eigenvalue weighted by atomic mass is 32.1. The van der Waals surface area contributed by atoms with E-state index >= 15 is 0 Å². The van der Waals surface area contributed by atoms with E-state index in [0.29, 0.717) is 33.6 Å². The van der Waals surface area contributed by atoms with Crippen molar-refractivity contribution in [2.24, 2.45) is 0 Å². The van der Waals surface area contributed by atoms with E-state index in [2.05, 4.69) is 10.6 Å². The lowest BCUT2D eigenvalue weighted by Crippen LogP contribution is -2.19. The van der Waals surface area contributed by atoms with Crippen molar-refractivity contribution in [2.75, 3.05) is 24.9 Å². The third-order valence-corrected chi connectivity index (χ3v) is 4.07. The summed E-state index contributed by atoms with van der Waals surface area (Å²) in [6.07, 6.45) is 0. The van der Waals surface area contributed by atoms with Gasteiger partial charge in [0.1, 0.15) is 17.1 Å². The van der Waals surface area contributed by atoms with Gasteiger partial charge in [0.2, 0.25) is 0 Å². The second kappa shape index (κ2) is 7.45. The molecule has 26 heavy (non-hydrogen) atoms. The Morgan fingerprint density at radius 2 is 1.85 bits per heavy atom. The van der Waals surface area contributed by atoms with Gasteiger partial charge in [-0.05, 0) is 49.0 Å². The molecular weight excluding hydrogens is 352 g/mol. The fraction of sp³-hybridized carbons (Fsp3) is 0.158. The number of anilines is 2. The van der Waals surface area contributed by atoms with Gasteiger partial charge in [-0.1, -0.05) is 0 Å². The van der Waals surface area contributed by atoms with Crippen molar-refractivity contribution in [1.82, 2.24) is 0 Å². The van der Waals surface area contributed by atoms with Crippen LogP contribution in [-0.2, 0) is 0 Å². The minimum Gasteiger partial charge on any atom is -0.497 e. The first kappa shape index (κ1) is 17.8. The Hall–Kier alpha value is -3.06. The molecule has 0 saturated heterocycles. The number of aryl methyl sites for hydroxylation is 1. The van der Waals surface area contributed by atoms with Crippen molar-refractivity contribution < 1.29 is 13.9 Å². The molecule has 0 saturated carbocycles. The first-order chi connectivity index (χ1) is 12.5. The van der Waals surface area contributed by atoms with Gasteiger partial charge >= 0.3 is 5.63 Å². The van der Waals surface area contributed by atoms with Crippen molar-refractivity contribution in [1.29, 1.82) is 0 Å². The quantitative estimate of drug-likeness (QED) is 0.532. The first-order valence-corrected chi connectivity index (χ1v) is 8.25. The number of nitrogens with one attached hydrogen (secondary N) is 2. The summed E-state index contributed by atoms with van der Waals surface area (Å²) in [7, 11) is 3.16. The van der Waals surface area contributed by atoms with E-state index in [1.165, 1.54) is 6.07 Å². The summed E-state index contributed by atoms with van der Waals surface area (Å²) in [5, 5.41) is 7.41. The maximum Gasteiger partial charge on any atom is 0.336 e. The summed E-state index contributed by atoms with van der Waals surface area (Å²) < 4.78 is 15.8. The van der Waals surface area contributed by atoms with E-state index in [9.17, 15) is 4.79 Å². The number of rotatable bonds is 4. The minimum atomic E-state index is -0.379. The molecule has 0 fully saturated rings. The predicted octanol–water partition coefficient (Wildman–Crippen LogP) is 3.93. The Balaban J connectivity index is 1.80. The highest BCUT2D eigenvalue weighted by molar-refractivity contribution is 7.80. The highest BCUT2D eigenvalue weighted by Crippen LogP contribution is 2.29. The lowest BCUT2D eigenvalue weighted by molar-refractivity contribution is 0.395. The summed E-state index contributed by atoms with van der Waals surface area (Å²) in [6.45, 7) is 1.87. The molecule has 0 aliphatic heterocycles. The van der Waals surface area contributed by atoms with Crippen molar-refractivity contribution in [3.8, 4) is 11.5 Å². The number of thiocarbonyl (C=S) groups is 1. The minimum absolute atomic E-state index is 0.378. The third kappa shape index (κ3) is 3.78. The van der Waals surface area contributed by atoms with E-state index in [1.54, 1.807) is 32.4 Å². The zero-order chi connectivity index (χ0) is 18.7. The molecule has 7 heteroatoms. The van der Waals surface area contributed by atoms with Crippen molar-refractivity contribution in [2.45, 2.75) is 6.92 Å². The van der Waals surface area contributed by atoms with Crippen LogP contribution in [0.15, 0.2) is 51.7 Å². The summed E-state index contributed by atoms with van der Waals surface area (Å²) in [5.41, 5.74) is 2.40. The molecule has 2 aromatic carbocycles. The normalized spacial score (nSPS) is 10.4. The molecule has 0 bridgehead atoms. The number of ether oxygens (including phenoxy) is 2. The Morgan fingerprint density at radius 1 is 1.04 bits per heavy atom. The predicted molar refractivity (Wildman–Crippen MR) is 107 cm³/mol. The molecular formula is C19H18N2O4S. The van der Waals surface area contributed by atoms with Gasteiger partial charge in [-0.15, -0.1) is 0 Å². The van der Waals surface area contributed by atoms with E-state index in [-0.39, 0.29) is 5.63 Å². The second-order valence-corrected chi connectivity index (χ2v) is 6.01. The Bertz CT molecular complexity index is 1030. The average Bonchev–Trinajstić information content (AvgIpc) is 2.61. The van der Waals surface area contributed by atoms with Crippen LogP contribution in [0.5, 0.6) is 11.5 Å². The van der Waals surface area contributed by atoms with E-state index < -0.39 is 0 Å². The van der Waals surface area contributed by atoms with Crippen LogP contribution in [0, 0.1) is 6.92 Å². The van der Waals surface area contributed by atoms with Gasteiger partial charge in [0.05, 0.1) is 19.9 Å². The Labute approximate surface area is 155 Å². The smallest absolute Gasteiger partial charge is 0.336 e. The largest absolute Gasteiger partial charge is 0.497 e. The fourth-order valence-electron chi connectivity index (χ4n) is 2.59. The summed E-state index contributed by atoms with van der Waals surface area (Å²) >= 11 is 5.36. The van der Waals surface area contributed by atoms with Gasteiger partial charge in [-0.3, -0.25) is 0 Å². The van der Waals surface area contributed by atoms with E-state index in [4.69, 9.17) is 26.1 Å². The number of methoxy groups -OCH3 is 2. The zero-order valence-electron chi connectivity index (χ0n) is 14.6. The molecule has 134 valence electrons. The number of benzene rings is 2. The molecule has 0 amide bonds. The van der Waals surface area contributed by atoms with Gasteiger partial charge < -0.3 is 24.5 Å². The van der Waals surface area contributed by atoms with Crippen molar-refractivity contribution in [3.05, 3.63) is 58.4 Å². The molecule has 1 aromatic heterocycles. The number of fused-ring (bicyclic) bond motifs is 1. The maximum atomic E-state index is 11.6. The van der Waals surface area contributed by atoms with Crippen LogP contribution in [0.1, 0.15) is 5.56 Å². The first-order valence-electron chi connectivity index (χ1n) is 7.84. The Kier molecular flexibility index (Phi) is 5.09. The molecule has 0 unspecified atom stereocenters. The van der Waals surface area contributed by atoms with Crippen molar-refractivity contribution in [3.63, 3.8) is 0 Å². The van der Waals surface area contributed by atoms with Crippen LogP contribution in [0.4, 0.5) is 11.4 Å². The summed E-state index contributed by atoms with van der Waals surface area (Å²) in [5.74, 6) is 1.29. The van der Waals surface area contributed by atoms with Crippen LogP contribution >= 0.6 is 12.2 Å². The SMILES string of the molecule is COc1ccc(NC(=S)Nc2ccc3c(C)cc(=O)oc3c2)c(OC)c1. The van der Waals surface area contributed by atoms with Crippen LogP contribution in [0.3, 0.4) is 0 Å². The molecule has 2 N–H and O–H groups in total. The summed E-state index contributed by atoms with van der Waals surface area (Å²) in [4.78, 5) is 11.6. The van der Waals surface area contributed by atoms with Gasteiger partial charge in [0.15, 0.2) is 5.11 Å². The fourth-order valence-corrected chi connectivity index (χ4v) is 2.82. The molecule has 3 rings (SSSR count). The average molecular weight is 370 g/mol. The number of hydrogen-bond acceptors (Lipinski definition) is 5. The van der Waals surface area contributed by atoms with E-state index in [1.807, 2.05) is 25.1 Å². The number of hydrogen-bond donors (Lipinski definition) is 2. The molecule has 0 atom stereocenters. The Morgan fingerprint density at radius 3 is 2.58 bits per heavy atom. The molecule has 0 radical (unpaired) electrons. The van der Waals surface area contributed by atoms with Crippen LogP contribution in [0.25, 0.3) is 11.0 Å².